The van der Waals surface area contributed by atoms with E-state index < -0.39 is 0 Å². The number of anilines is 1. The molecule has 2 aromatic carbocycles. The van der Waals surface area contributed by atoms with Crippen molar-refractivity contribution < 1.29 is 4.79 Å². The predicted octanol–water partition coefficient (Wildman–Crippen LogP) is 2.14. The van der Waals surface area contributed by atoms with Gasteiger partial charge >= 0.3 is 0 Å². The van der Waals surface area contributed by atoms with Gasteiger partial charge in [-0.05, 0) is 35.4 Å². The summed E-state index contributed by atoms with van der Waals surface area (Å²) >= 11 is 0. The topological polar surface area (TPSA) is 58.4 Å². The van der Waals surface area contributed by atoms with Gasteiger partial charge in [-0.3, -0.25) is 4.79 Å². The van der Waals surface area contributed by atoms with Gasteiger partial charge in [-0.2, -0.15) is 0 Å². The molecule has 0 radical (unpaired) electrons. The Morgan fingerprint density at radius 2 is 1.67 bits per heavy atom. The van der Waals surface area contributed by atoms with Crippen molar-refractivity contribution in [1.82, 2.24) is 5.32 Å². The molecule has 0 aliphatic rings. The molecule has 0 fully saturated rings. The molecule has 0 bridgehead atoms. The van der Waals surface area contributed by atoms with Gasteiger partial charge in [-0.15, -0.1) is 0 Å². The molecule has 0 spiro atoms. The zero-order valence-corrected chi connectivity index (χ0v) is 12.5. The highest BCUT2D eigenvalue weighted by Gasteiger charge is 2.07. The van der Waals surface area contributed by atoms with Crippen LogP contribution in [0.15, 0.2) is 48.5 Å². The Morgan fingerprint density at radius 3 is 2.24 bits per heavy atom. The van der Waals surface area contributed by atoms with Crippen molar-refractivity contribution >= 4 is 11.6 Å². The van der Waals surface area contributed by atoms with Crippen LogP contribution in [0.2, 0.25) is 0 Å². The van der Waals surface area contributed by atoms with Crippen LogP contribution < -0.4 is 16.0 Å². The zero-order chi connectivity index (χ0) is 15.2. The number of nitrogens with two attached hydrogens (primary N) is 1. The van der Waals surface area contributed by atoms with E-state index in [0.717, 1.165) is 16.8 Å². The molecular formula is C17H21N3O. The maximum atomic E-state index is 12.1. The SMILES string of the molecule is CN(C)c1ccc(C(=O)NCc2ccccc2CN)cc1. The molecule has 0 saturated carbocycles. The van der Waals surface area contributed by atoms with Crippen molar-refractivity contribution in [2.24, 2.45) is 5.73 Å². The van der Waals surface area contributed by atoms with Gasteiger partial charge in [0.2, 0.25) is 0 Å². The quantitative estimate of drug-likeness (QED) is 0.884. The molecule has 21 heavy (non-hydrogen) atoms. The molecule has 0 unspecified atom stereocenters. The Morgan fingerprint density at radius 1 is 1.05 bits per heavy atom. The third-order valence-corrected chi connectivity index (χ3v) is 3.42. The number of nitrogens with zero attached hydrogens (tertiary/aromatic N) is 1. The van der Waals surface area contributed by atoms with Gasteiger partial charge in [-0.1, -0.05) is 24.3 Å². The first-order valence-corrected chi connectivity index (χ1v) is 6.94. The first-order valence-electron chi connectivity index (χ1n) is 6.94. The summed E-state index contributed by atoms with van der Waals surface area (Å²) in [5.41, 5.74) is 9.53. The molecule has 0 heterocycles. The van der Waals surface area contributed by atoms with E-state index in [2.05, 4.69) is 5.32 Å². The third-order valence-electron chi connectivity index (χ3n) is 3.42. The van der Waals surface area contributed by atoms with Crippen molar-refractivity contribution in [2.75, 3.05) is 19.0 Å². The summed E-state index contributed by atoms with van der Waals surface area (Å²) < 4.78 is 0. The minimum absolute atomic E-state index is 0.0767. The fourth-order valence-electron chi connectivity index (χ4n) is 2.12. The molecule has 0 atom stereocenters. The molecule has 3 N–H and O–H groups in total. The fraction of sp³-hybridized carbons (Fsp3) is 0.235. The zero-order valence-electron chi connectivity index (χ0n) is 12.5. The van der Waals surface area contributed by atoms with Crippen LogP contribution in [0.5, 0.6) is 0 Å². The van der Waals surface area contributed by atoms with E-state index in [1.54, 1.807) is 0 Å². The number of rotatable bonds is 5. The molecule has 2 aromatic rings. The number of amides is 1. The maximum absolute atomic E-state index is 12.1. The van der Waals surface area contributed by atoms with Gasteiger partial charge in [0.1, 0.15) is 0 Å². The smallest absolute Gasteiger partial charge is 0.251 e. The first-order chi connectivity index (χ1) is 10.1. The lowest BCUT2D eigenvalue weighted by atomic mass is 10.1. The summed E-state index contributed by atoms with van der Waals surface area (Å²) in [6, 6.07) is 15.4. The minimum Gasteiger partial charge on any atom is -0.378 e. The summed E-state index contributed by atoms with van der Waals surface area (Å²) in [6.45, 7) is 0.964. The van der Waals surface area contributed by atoms with E-state index in [-0.39, 0.29) is 5.91 Å². The Labute approximate surface area is 125 Å². The van der Waals surface area contributed by atoms with E-state index in [1.807, 2.05) is 67.5 Å². The van der Waals surface area contributed by atoms with Crippen LogP contribution in [0.3, 0.4) is 0 Å². The third kappa shape index (κ3) is 3.83. The molecule has 4 heteroatoms. The summed E-state index contributed by atoms with van der Waals surface area (Å²) in [5, 5.41) is 2.93. The minimum atomic E-state index is -0.0767. The van der Waals surface area contributed by atoms with Gasteiger partial charge < -0.3 is 16.0 Å². The van der Waals surface area contributed by atoms with Crippen molar-refractivity contribution in [3.05, 3.63) is 65.2 Å². The Bertz CT molecular complexity index is 606. The summed E-state index contributed by atoms with van der Waals surface area (Å²) in [6.07, 6.45) is 0. The van der Waals surface area contributed by atoms with Crippen LogP contribution in [-0.4, -0.2) is 20.0 Å². The Balaban J connectivity index is 2.01. The van der Waals surface area contributed by atoms with E-state index in [0.29, 0.717) is 18.7 Å². The Hall–Kier alpha value is -2.33. The van der Waals surface area contributed by atoms with Crippen LogP contribution in [0.4, 0.5) is 5.69 Å². The second kappa shape index (κ2) is 6.90. The average molecular weight is 283 g/mol. The van der Waals surface area contributed by atoms with Crippen molar-refractivity contribution in [2.45, 2.75) is 13.1 Å². The second-order valence-corrected chi connectivity index (χ2v) is 5.10. The second-order valence-electron chi connectivity index (χ2n) is 5.10. The number of carbonyl (C=O) groups excluding carboxylic acids is 1. The van der Waals surface area contributed by atoms with Crippen molar-refractivity contribution in [3.63, 3.8) is 0 Å². The standard InChI is InChI=1S/C17H21N3O/c1-20(2)16-9-7-13(8-10-16)17(21)19-12-15-6-4-3-5-14(15)11-18/h3-10H,11-12,18H2,1-2H3,(H,19,21). The summed E-state index contributed by atoms with van der Waals surface area (Å²) in [7, 11) is 3.94. The molecule has 1 amide bonds. The summed E-state index contributed by atoms with van der Waals surface area (Å²) in [5.74, 6) is -0.0767. The molecule has 0 aromatic heterocycles. The average Bonchev–Trinajstić information content (AvgIpc) is 2.52. The largest absolute Gasteiger partial charge is 0.378 e. The monoisotopic (exact) mass is 283 g/mol. The molecule has 0 aliphatic carbocycles. The van der Waals surface area contributed by atoms with Crippen LogP contribution in [0.25, 0.3) is 0 Å². The van der Waals surface area contributed by atoms with Gasteiger partial charge in [0.05, 0.1) is 0 Å². The molecule has 2 rings (SSSR count). The number of nitrogens with one attached hydrogen (secondary N) is 1. The lowest BCUT2D eigenvalue weighted by Gasteiger charge is -2.13. The molecule has 0 aliphatic heterocycles. The molecule has 0 saturated heterocycles. The van der Waals surface area contributed by atoms with E-state index in [4.69, 9.17) is 5.73 Å². The van der Waals surface area contributed by atoms with Crippen LogP contribution in [0.1, 0.15) is 21.5 Å². The fourth-order valence-corrected chi connectivity index (χ4v) is 2.12. The predicted molar refractivity (Wildman–Crippen MR) is 86.3 cm³/mol. The number of benzene rings is 2. The van der Waals surface area contributed by atoms with Gasteiger partial charge in [0.15, 0.2) is 0 Å². The maximum Gasteiger partial charge on any atom is 0.251 e. The Kier molecular flexibility index (Phi) is 4.95. The van der Waals surface area contributed by atoms with Gasteiger partial charge in [-0.25, -0.2) is 0 Å². The lowest BCUT2D eigenvalue weighted by Crippen LogP contribution is -2.23. The molecule has 110 valence electrons. The normalized spacial score (nSPS) is 10.2. The number of carbonyl (C=O) groups is 1. The van der Waals surface area contributed by atoms with Crippen LogP contribution in [-0.2, 0) is 13.1 Å². The van der Waals surface area contributed by atoms with E-state index in [9.17, 15) is 4.79 Å². The highest BCUT2D eigenvalue weighted by atomic mass is 16.1. The van der Waals surface area contributed by atoms with Crippen molar-refractivity contribution in [1.29, 1.82) is 0 Å². The highest BCUT2D eigenvalue weighted by Crippen LogP contribution is 2.13. The van der Waals surface area contributed by atoms with E-state index >= 15 is 0 Å². The van der Waals surface area contributed by atoms with Crippen molar-refractivity contribution in [3.8, 4) is 0 Å². The van der Waals surface area contributed by atoms with Gasteiger partial charge in [0, 0.05) is 38.4 Å². The first kappa shape index (κ1) is 15.1. The highest BCUT2D eigenvalue weighted by molar-refractivity contribution is 5.94. The van der Waals surface area contributed by atoms with Crippen LogP contribution >= 0.6 is 0 Å². The van der Waals surface area contributed by atoms with Gasteiger partial charge in [0.25, 0.3) is 5.91 Å². The lowest BCUT2D eigenvalue weighted by molar-refractivity contribution is 0.0951. The number of hydrogen-bond donors (Lipinski definition) is 2. The summed E-state index contributed by atoms with van der Waals surface area (Å²) in [4.78, 5) is 14.1. The number of hydrogen-bond acceptors (Lipinski definition) is 3. The molecular weight excluding hydrogens is 262 g/mol. The molecule has 4 nitrogen and oxygen atoms in total. The van der Waals surface area contributed by atoms with Crippen LogP contribution in [0, 0.1) is 0 Å². The van der Waals surface area contributed by atoms with E-state index in [1.165, 1.54) is 0 Å².